The molecule has 1 aromatic heterocycles. The zero-order valence-corrected chi connectivity index (χ0v) is 17.6. The molecule has 1 aliphatic heterocycles. The zero-order valence-electron chi connectivity index (χ0n) is 16.8. The fraction of sp³-hybridized carbons (Fsp3) is 0.500. The van der Waals surface area contributed by atoms with Gasteiger partial charge in [0.15, 0.2) is 11.5 Å². The molecule has 0 spiro atoms. The van der Waals surface area contributed by atoms with Crippen LogP contribution >= 0.6 is 12.4 Å². The van der Waals surface area contributed by atoms with Crippen LogP contribution in [0.3, 0.4) is 0 Å². The van der Waals surface area contributed by atoms with Crippen molar-refractivity contribution in [3.8, 4) is 11.5 Å². The summed E-state index contributed by atoms with van der Waals surface area (Å²) < 4.78 is 12.5. The first-order valence-electron chi connectivity index (χ1n) is 9.29. The summed E-state index contributed by atoms with van der Waals surface area (Å²) in [6.45, 7) is 5.49. The molecule has 2 N–H and O–H groups in total. The van der Waals surface area contributed by atoms with Crippen LogP contribution in [0.4, 0.5) is 5.82 Å². The number of benzene rings is 1. The van der Waals surface area contributed by atoms with E-state index in [1.54, 1.807) is 20.4 Å². The van der Waals surface area contributed by atoms with E-state index in [2.05, 4.69) is 22.7 Å². The van der Waals surface area contributed by atoms with Gasteiger partial charge in [-0.3, -0.25) is 4.79 Å². The number of methoxy groups -OCH3 is 2. The number of amides is 1. The normalized spacial score (nSPS) is 18.9. The number of hydrogen-bond acceptors (Lipinski definition) is 5. The van der Waals surface area contributed by atoms with Crippen molar-refractivity contribution in [1.82, 2.24) is 15.1 Å². The standard InChI is InChI=1S/C20H28N4O3.ClH/c1-13-11-22-24(12-15-5-6-17(26-3)18(10-15)27-4)19(13)23-20(25)16-7-8-21-14(2)9-16;/h5-6,10-11,14,16,21H,7-9,12H2,1-4H3,(H,23,25);1H/t14-,16-;/m0./s1. The summed E-state index contributed by atoms with van der Waals surface area (Å²) in [5.74, 6) is 2.21. The number of halogens is 1. The van der Waals surface area contributed by atoms with Gasteiger partial charge in [-0.15, -0.1) is 12.4 Å². The lowest BCUT2D eigenvalue weighted by Gasteiger charge is -2.27. The fourth-order valence-electron chi connectivity index (χ4n) is 3.50. The average molecular weight is 409 g/mol. The average Bonchev–Trinajstić information content (AvgIpc) is 3.01. The minimum atomic E-state index is 0. The van der Waals surface area contributed by atoms with Crippen molar-refractivity contribution in [3.63, 3.8) is 0 Å². The predicted molar refractivity (Wildman–Crippen MR) is 112 cm³/mol. The van der Waals surface area contributed by atoms with Crippen LogP contribution in [0.15, 0.2) is 24.4 Å². The highest BCUT2D eigenvalue weighted by atomic mass is 35.5. The van der Waals surface area contributed by atoms with Gasteiger partial charge in [0.2, 0.25) is 5.91 Å². The van der Waals surface area contributed by atoms with E-state index >= 15 is 0 Å². The van der Waals surface area contributed by atoms with E-state index in [9.17, 15) is 4.79 Å². The highest BCUT2D eigenvalue weighted by Gasteiger charge is 2.26. The van der Waals surface area contributed by atoms with Crippen molar-refractivity contribution >= 4 is 24.1 Å². The number of hydrogen-bond donors (Lipinski definition) is 2. The van der Waals surface area contributed by atoms with E-state index < -0.39 is 0 Å². The van der Waals surface area contributed by atoms with E-state index in [1.807, 2.05) is 29.8 Å². The number of anilines is 1. The van der Waals surface area contributed by atoms with Gasteiger partial charge in [0.1, 0.15) is 5.82 Å². The van der Waals surface area contributed by atoms with Crippen molar-refractivity contribution in [2.24, 2.45) is 5.92 Å². The van der Waals surface area contributed by atoms with E-state index in [4.69, 9.17) is 9.47 Å². The SMILES string of the molecule is COc1ccc(Cn2ncc(C)c2NC(=O)[C@H]2CCN[C@@H](C)C2)cc1OC.Cl. The molecular weight excluding hydrogens is 380 g/mol. The molecule has 1 fully saturated rings. The summed E-state index contributed by atoms with van der Waals surface area (Å²) in [6, 6.07) is 6.14. The Hall–Kier alpha value is -2.25. The number of piperidine rings is 1. The first-order valence-corrected chi connectivity index (χ1v) is 9.29. The van der Waals surface area contributed by atoms with Gasteiger partial charge in [0.05, 0.1) is 27.0 Å². The third-order valence-electron chi connectivity index (χ3n) is 5.04. The van der Waals surface area contributed by atoms with Crippen LogP contribution in [0.5, 0.6) is 11.5 Å². The second-order valence-corrected chi connectivity index (χ2v) is 7.09. The van der Waals surface area contributed by atoms with E-state index in [0.717, 1.165) is 36.3 Å². The van der Waals surface area contributed by atoms with Gasteiger partial charge in [-0.25, -0.2) is 4.68 Å². The molecule has 154 valence electrons. The minimum Gasteiger partial charge on any atom is -0.493 e. The molecule has 0 aliphatic carbocycles. The largest absolute Gasteiger partial charge is 0.493 e. The Morgan fingerprint density at radius 3 is 2.75 bits per heavy atom. The minimum absolute atomic E-state index is 0. The second kappa shape index (κ2) is 9.80. The Morgan fingerprint density at radius 2 is 2.07 bits per heavy atom. The van der Waals surface area contributed by atoms with Crippen LogP contribution in [-0.4, -0.2) is 42.5 Å². The van der Waals surface area contributed by atoms with Gasteiger partial charge in [-0.2, -0.15) is 5.10 Å². The summed E-state index contributed by atoms with van der Waals surface area (Å²) >= 11 is 0. The lowest BCUT2D eigenvalue weighted by molar-refractivity contribution is -0.120. The summed E-state index contributed by atoms with van der Waals surface area (Å²) in [5.41, 5.74) is 1.97. The van der Waals surface area contributed by atoms with Gasteiger partial charge in [0.25, 0.3) is 0 Å². The van der Waals surface area contributed by atoms with Crippen LogP contribution in [0.2, 0.25) is 0 Å². The third kappa shape index (κ3) is 4.97. The summed E-state index contributed by atoms with van der Waals surface area (Å²) in [4.78, 5) is 12.7. The Kier molecular flexibility index (Phi) is 7.71. The molecule has 0 radical (unpaired) electrons. The summed E-state index contributed by atoms with van der Waals surface area (Å²) in [6.07, 6.45) is 3.50. The molecule has 2 aromatic rings. The quantitative estimate of drug-likeness (QED) is 0.768. The molecule has 7 nitrogen and oxygen atoms in total. The number of rotatable bonds is 6. The number of carbonyl (C=O) groups excluding carboxylic acids is 1. The molecule has 8 heteroatoms. The molecule has 1 amide bonds. The Balaban J connectivity index is 0.00000280. The summed E-state index contributed by atoms with van der Waals surface area (Å²) in [5, 5.41) is 10.9. The van der Waals surface area contributed by atoms with Crippen molar-refractivity contribution < 1.29 is 14.3 Å². The number of nitrogens with zero attached hydrogens (tertiary/aromatic N) is 2. The Bertz CT molecular complexity index is 809. The molecule has 28 heavy (non-hydrogen) atoms. The van der Waals surface area contributed by atoms with E-state index in [-0.39, 0.29) is 24.2 Å². The first kappa shape index (κ1) is 22.0. The topological polar surface area (TPSA) is 77.4 Å². The first-order chi connectivity index (χ1) is 13.0. The maximum atomic E-state index is 12.7. The lowest BCUT2D eigenvalue weighted by Crippen LogP contribution is -2.40. The third-order valence-corrected chi connectivity index (χ3v) is 5.04. The molecular formula is C20H29ClN4O3. The predicted octanol–water partition coefficient (Wildman–Crippen LogP) is 3.01. The highest BCUT2D eigenvalue weighted by Crippen LogP contribution is 2.28. The van der Waals surface area contributed by atoms with Crippen molar-refractivity contribution in [3.05, 3.63) is 35.5 Å². The van der Waals surface area contributed by atoms with E-state index in [1.165, 1.54) is 0 Å². The van der Waals surface area contributed by atoms with Gasteiger partial charge >= 0.3 is 0 Å². The van der Waals surface area contributed by atoms with Crippen LogP contribution in [0, 0.1) is 12.8 Å². The van der Waals surface area contributed by atoms with Crippen LogP contribution < -0.4 is 20.1 Å². The molecule has 3 rings (SSSR count). The molecule has 2 heterocycles. The van der Waals surface area contributed by atoms with E-state index in [0.29, 0.717) is 24.1 Å². The maximum Gasteiger partial charge on any atom is 0.228 e. The lowest BCUT2D eigenvalue weighted by atomic mass is 9.92. The summed E-state index contributed by atoms with van der Waals surface area (Å²) in [7, 11) is 3.23. The fourth-order valence-corrected chi connectivity index (χ4v) is 3.50. The molecule has 0 bridgehead atoms. The highest BCUT2D eigenvalue weighted by molar-refractivity contribution is 5.92. The monoisotopic (exact) mass is 408 g/mol. The molecule has 0 unspecified atom stereocenters. The molecule has 1 aromatic carbocycles. The van der Waals surface area contributed by atoms with Crippen molar-refractivity contribution in [1.29, 1.82) is 0 Å². The smallest absolute Gasteiger partial charge is 0.228 e. The van der Waals surface area contributed by atoms with Gasteiger partial charge in [-0.1, -0.05) is 6.07 Å². The Morgan fingerprint density at radius 1 is 1.32 bits per heavy atom. The number of aryl methyl sites for hydroxylation is 1. The maximum absolute atomic E-state index is 12.7. The van der Waals surface area contributed by atoms with Crippen LogP contribution in [-0.2, 0) is 11.3 Å². The number of ether oxygens (including phenoxy) is 2. The van der Waals surface area contributed by atoms with Gasteiger partial charge in [0, 0.05) is 17.5 Å². The van der Waals surface area contributed by atoms with Crippen molar-refractivity contribution in [2.75, 3.05) is 26.1 Å². The van der Waals surface area contributed by atoms with Crippen LogP contribution in [0.1, 0.15) is 30.9 Å². The van der Waals surface area contributed by atoms with Gasteiger partial charge in [-0.05, 0) is 50.9 Å². The number of nitrogens with one attached hydrogen (secondary N) is 2. The molecule has 1 aliphatic rings. The number of carbonyl (C=O) groups is 1. The zero-order chi connectivity index (χ0) is 19.4. The van der Waals surface area contributed by atoms with Gasteiger partial charge < -0.3 is 20.1 Å². The molecule has 1 saturated heterocycles. The molecule has 0 saturated carbocycles. The van der Waals surface area contributed by atoms with Crippen molar-refractivity contribution in [2.45, 2.75) is 39.3 Å². The Labute approximate surface area is 172 Å². The van der Waals surface area contributed by atoms with Crippen LogP contribution in [0.25, 0.3) is 0 Å². The second-order valence-electron chi connectivity index (χ2n) is 7.09. The number of aromatic nitrogens is 2. The molecule has 2 atom stereocenters.